The third-order valence-corrected chi connectivity index (χ3v) is 5.03. The van der Waals surface area contributed by atoms with Gasteiger partial charge in [0, 0.05) is 16.0 Å². The molecular formula is C21H13Cl3N4. The van der Waals surface area contributed by atoms with Crippen LogP contribution in [0.1, 0.15) is 5.56 Å². The van der Waals surface area contributed by atoms with E-state index in [-0.39, 0.29) is 0 Å². The second kappa shape index (κ2) is 8.15. The Morgan fingerprint density at radius 3 is 2.39 bits per heavy atom. The van der Waals surface area contributed by atoms with Crippen LogP contribution in [-0.2, 0) is 0 Å². The van der Waals surface area contributed by atoms with Gasteiger partial charge < -0.3 is 0 Å². The van der Waals surface area contributed by atoms with E-state index < -0.39 is 0 Å². The first-order chi connectivity index (χ1) is 13.6. The van der Waals surface area contributed by atoms with Gasteiger partial charge in [-0.3, -0.25) is 5.43 Å². The second-order valence-electron chi connectivity index (χ2n) is 5.96. The summed E-state index contributed by atoms with van der Waals surface area (Å²) >= 11 is 18.1. The van der Waals surface area contributed by atoms with Crippen LogP contribution >= 0.6 is 34.8 Å². The number of hydrogen-bond donors (Lipinski definition) is 1. The standard InChI is InChI=1S/C21H13Cl3N4/c22-15-8-5-13(6-9-15)12-25-28-21-16-3-1-2-4-19(16)26-20(27-21)14-7-10-17(23)18(24)11-14/h1-12H,(H,26,27,28)/b25-12+. The number of anilines is 1. The van der Waals surface area contributed by atoms with Crippen molar-refractivity contribution in [2.75, 3.05) is 5.43 Å². The van der Waals surface area contributed by atoms with Gasteiger partial charge in [-0.1, -0.05) is 59.1 Å². The zero-order valence-electron chi connectivity index (χ0n) is 14.4. The number of benzene rings is 3. The van der Waals surface area contributed by atoms with Crippen molar-refractivity contribution >= 4 is 57.7 Å². The highest BCUT2D eigenvalue weighted by Gasteiger charge is 2.10. The maximum atomic E-state index is 6.15. The Balaban J connectivity index is 1.71. The minimum Gasteiger partial charge on any atom is -0.261 e. The number of fused-ring (bicyclic) bond motifs is 1. The highest BCUT2D eigenvalue weighted by molar-refractivity contribution is 6.42. The van der Waals surface area contributed by atoms with Crippen LogP contribution in [0.15, 0.2) is 71.8 Å². The molecule has 4 nitrogen and oxygen atoms in total. The number of nitrogens with zero attached hydrogens (tertiary/aromatic N) is 3. The van der Waals surface area contributed by atoms with E-state index in [1.807, 2.05) is 54.6 Å². The first kappa shape index (κ1) is 18.7. The monoisotopic (exact) mass is 426 g/mol. The van der Waals surface area contributed by atoms with Crippen LogP contribution in [0.25, 0.3) is 22.3 Å². The van der Waals surface area contributed by atoms with Gasteiger partial charge in [0.05, 0.1) is 21.8 Å². The quantitative estimate of drug-likeness (QED) is 0.291. The van der Waals surface area contributed by atoms with Crippen molar-refractivity contribution in [3.8, 4) is 11.4 Å². The van der Waals surface area contributed by atoms with E-state index in [9.17, 15) is 0 Å². The molecule has 1 N–H and O–H groups in total. The summed E-state index contributed by atoms with van der Waals surface area (Å²) in [7, 11) is 0. The zero-order chi connectivity index (χ0) is 19.5. The maximum absolute atomic E-state index is 6.15. The fourth-order valence-corrected chi connectivity index (χ4v) is 3.07. The first-order valence-electron chi connectivity index (χ1n) is 8.37. The van der Waals surface area contributed by atoms with Crippen molar-refractivity contribution in [1.82, 2.24) is 9.97 Å². The summed E-state index contributed by atoms with van der Waals surface area (Å²) in [6.07, 6.45) is 1.70. The van der Waals surface area contributed by atoms with Crippen molar-refractivity contribution in [2.24, 2.45) is 5.10 Å². The number of hydrogen-bond acceptors (Lipinski definition) is 4. The number of para-hydroxylation sites is 1. The van der Waals surface area contributed by atoms with Gasteiger partial charge in [0.25, 0.3) is 0 Å². The average Bonchev–Trinajstić information content (AvgIpc) is 2.71. The molecule has 7 heteroatoms. The van der Waals surface area contributed by atoms with E-state index in [0.29, 0.717) is 26.7 Å². The third kappa shape index (κ3) is 4.09. The summed E-state index contributed by atoms with van der Waals surface area (Å²) in [5, 5.41) is 6.78. The summed E-state index contributed by atoms with van der Waals surface area (Å²) in [6, 6.07) is 20.4. The van der Waals surface area contributed by atoms with Crippen LogP contribution in [0.3, 0.4) is 0 Å². The second-order valence-corrected chi connectivity index (χ2v) is 7.21. The Labute approximate surface area is 176 Å². The highest BCUT2D eigenvalue weighted by Crippen LogP contribution is 2.29. The predicted molar refractivity (Wildman–Crippen MR) is 118 cm³/mol. The summed E-state index contributed by atoms with van der Waals surface area (Å²) < 4.78 is 0. The lowest BCUT2D eigenvalue weighted by molar-refractivity contribution is 1.19. The largest absolute Gasteiger partial charge is 0.261 e. The molecule has 0 aliphatic heterocycles. The molecule has 0 aliphatic rings. The Hall–Kier alpha value is -2.66. The van der Waals surface area contributed by atoms with E-state index in [0.717, 1.165) is 22.0 Å². The molecule has 0 bridgehead atoms. The minimum absolute atomic E-state index is 0.450. The van der Waals surface area contributed by atoms with Gasteiger partial charge in [0.2, 0.25) is 0 Å². The number of nitrogens with one attached hydrogen (secondary N) is 1. The lowest BCUT2D eigenvalue weighted by Gasteiger charge is -2.09. The first-order valence-corrected chi connectivity index (χ1v) is 9.50. The molecule has 4 aromatic rings. The molecule has 0 fully saturated rings. The van der Waals surface area contributed by atoms with Gasteiger partial charge in [0.15, 0.2) is 11.6 Å². The summed E-state index contributed by atoms with van der Waals surface area (Å²) in [5.41, 5.74) is 5.49. The van der Waals surface area contributed by atoms with Gasteiger partial charge in [0.1, 0.15) is 0 Å². The SMILES string of the molecule is Clc1ccc(/C=N/Nc2nc(-c3ccc(Cl)c(Cl)c3)nc3ccccc23)cc1. The topological polar surface area (TPSA) is 50.2 Å². The van der Waals surface area contributed by atoms with Crippen LogP contribution in [0, 0.1) is 0 Å². The zero-order valence-corrected chi connectivity index (χ0v) is 16.7. The normalized spacial score (nSPS) is 11.2. The number of aromatic nitrogens is 2. The maximum Gasteiger partial charge on any atom is 0.162 e. The molecule has 3 aromatic carbocycles. The van der Waals surface area contributed by atoms with Crippen LogP contribution in [0.2, 0.25) is 15.1 Å². The van der Waals surface area contributed by atoms with Crippen molar-refractivity contribution in [3.63, 3.8) is 0 Å². The summed E-state index contributed by atoms with van der Waals surface area (Å²) in [6.45, 7) is 0. The molecule has 0 atom stereocenters. The minimum atomic E-state index is 0.450. The van der Waals surface area contributed by atoms with E-state index in [1.165, 1.54) is 0 Å². The van der Waals surface area contributed by atoms with Crippen molar-refractivity contribution in [1.29, 1.82) is 0 Å². The van der Waals surface area contributed by atoms with Crippen molar-refractivity contribution < 1.29 is 0 Å². The van der Waals surface area contributed by atoms with Crippen LogP contribution in [-0.4, -0.2) is 16.2 Å². The third-order valence-electron chi connectivity index (χ3n) is 4.04. The number of rotatable bonds is 4. The fourth-order valence-electron chi connectivity index (χ4n) is 2.64. The molecule has 28 heavy (non-hydrogen) atoms. The molecule has 0 amide bonds. The molecule has 0 spiro atoms. The van der Waals surface area contributed by atoms with Gasteiger partial charge in [-0.2, -0.15) is 5.10 Å². The van der Waals surface area contributed by atoms with E-state index >= 15 is 0 Å². The average molecular weight is 428 g/mol. The van der Waals surface area contributed by atoms with Gasteiger partial charge in [-0.25, -0.2) is 9.97 Å². The number of hydrazone groups is 1. The van der Waals surface area contributed by atoms with Crippen LogP contribution in [0.4, 0.5) is 5.82 Å². The van der Waals surface area contributed by atoms with Crippen LogP contribution < -0.4 is 5.43 Å². The number of halogens is 3. The molecule has 0 aliphatic carbocycles. The summed E-state index contributed by atoms with van der Waals surface area (Å²) in [5.74, 6) is 1.12. The van der Waals surface area contributed by atoms with E-state index in [2.05, 4.69) is 20.5 Å². The predicted octanol–water partition coefficient (Wildman–Crippen LogP) is 6.70. The lowest BCUT2D eigenvalue weighted by Crippen LogP contribution is -1.99. The van der Waals surface area contributed by atoms with Crippen LogP contribution in [0.5, 0.6) is 0 Å². The van der Waals surface area contributed by atoms with Crippen molar-refractivity contribution in [3.05, 3.63) is 87.4 Å². The Kier molecular flexibility index (Phi) is 5.44. The molecular weight excluding hydrogens is 415 g/mol. The van der Waals surface area contributed by atoms with Gasteiger partial charge in [-0.05, 0) is 48.0 Å². The van der Waals surface area contributed by atoms with Crippen molar-refractivity contribution in [2.45, 2.75) is 0 Å². The van der Waals surface area contributed by atoms with E-state index in [1.54, 1.807) is 18.3 Å². The molecule has 138 valence electrons. The Bertz CT molecular complexity index is 1170. The van der Waals surface area contributed by atoms with Gasteiger partial charge >= 0.3 is 0 Å². The smallest absolute Gasteiger partial charge is 0.162 e. The molecule has 0 unspecified atom stereocenters. The molecule has 1 aromatic heterocycles. The Morgan fingerprint density at radius 2 is 1.61 bits per heavy atom. The van der Waals surface area contributed by atoms with Gasteiger partial charge in [-0.15, -0.1) is 0 Å². The van der Waals surface area contributed by atoms with E-state index in [4.69, 9.17) is 34.8 Å². The lowest BCUT2D eigenvalue weighted by atomic mass is 10.2. The molecule has 0 radical (unpaired) electrons. The molecule has 0 saturated carbocycles. The molecule has 0 saturated heterocycles. The Morgan fingerprint density at radius 1 is 0.821 bits per heavy atom. The highest BCUT2D eigenvalue weighted by atomic mass is 35.5. The fraction of sp³-hybridized carbons (Fsp3) is 0. The summed E-state index contributed by atoms with van der Waals surface area (Å²) in [4.78, 5) is 9.26. The molecule has 4 rings (SSSR count). The molecule has 1 heterocycles.